The highest BCUT2D eigenvalue weighted by atomic mass is 127. The molecule has 0 aliphatic carbocycles. The van der Waals surface area contributed by atoms with Gasteiger partial charge in [0.15, 0.2) is 6.61 Å². The Balaban J connectivity index is 1.84. The first-order chi connectivity index (χ1) is 14.8. The summed E-state index contributed by atoms with van der Waals surface area (Å²) in [4.78, 5) is 49.9. The third kappa shape index (κ3) is 5.29. The fourth-order valence-corrected chi connectivity index (χ4v) is 3.51. The first kappa shape index (κ1) is 22.5. The van der Waals surface area contributed by atoms with E-state index in [1.807, 2.05) is 29.5 Å². The molecule has 3 rings (SSSR count). The van der Waals surface area contributed by atoms with Crippen LogP contribution in [-0.2, 0) is 19.1 Å². The third-order valence-corrected chi connectivity index (χ3v) is 5.15. The lowest BCUT2D eigenvalue weighted by atomic mass is 10.1. The molecule has 0 saturated carbocycles. The van der Waals surface area contributed by atoms with Gasteiger partial charge in [-0.15, -0.1) is 0 Å². The van der Waals surface area contributed by atoms with Gasteiger partial charge >= 0.3 is 12.0 Å². The molecule has 0 unspecified atom stereocenters. The van der Waals surface area contributed by atoms with Crippen LogP contribution in [0, 0.1) is 10.5 Å². The summed E-state index contributed by atoms with van der Waals surface area (Å²) in [6.07, 6.45) is 1.41. The van der Waals surface area contributed by atoms with Gasteiger partial charge in [0.25, 0.3) is 11.8 Å². The van der Waals surface area contributed by atoms with Crippen LogP contribution in [0.5, 0.6) is 5.75 Å². The standard InChI is InChI=1S/C22H19IN2O6/c1-3-30-19(26)12-31-18-9-6-14(11-17(18)23)10-16-20(27)24-22(29)25(21(16)28)15-7-4-13(2)5-8-15/h4-11H,3,12H2,1-2H3,(H,24,27,29)/b16-10+. The molecule has 1 aliphatic rings. The molecule has 1 fully saturated rings. The van der Waals surface area contributed by atoms with Crippen molar-refractivity contribution in [2.75, 3.05) is 18.1 Å². The largest absolute Gasteiger partial charge is 0.481 e. The van der Waals surface area contributed by atoms with Crippen molar-refractivity contribution in [1.29, 1.82) is 0 Å². The Morgan fingerprint density at radius 1 is 1.13 bits per heavy atom. The molecule has 0 radical (unpaired) electrons. The van der Waals surface area contributed by atoms with Crippen LogP contribution < -0.4 is 15.0 Å². The number of benzene rings is 2. The number of nitrogens with zero attached hydrogens (tertiary/aromatic N) is 1. The highest BCUT2D eigenvalue weighted by Crippen LogP contribution is 2.26. The zero-order valence-electron chi connectivity index (χ0n) is 16.8. The lowest BCUT2D eigenvalue weighted by Crippen LogP contribution is -2.54. The van der Waals surface area contributed by atoms with E-state index in [1.54, 1.807) is 49.4 Å². The number of halogens is 1. The number of esters is 1. The normalized spacial score (nSPS) is 15.1. The predicted molar refractivity (Wildman–Crippen MR) is 121 cm³/mol. The number of ether oxygens (including phenoxy) is 2. The number of aryl methyl sites for hydroxylation is 1. The maximum absolute atomic E-state index is 12.9. The third-order valence-electron chi connectivity index (χ3n) is 4.31. The number of rotatable bonds is 6. The zero-order chi connectivity index (χ0) is 22.5. The summed E-state index contributed by atoms with van der Waals surface area (Å²) < 4.78 is 10.9. The van der Waals surface area contributed by atoms with Crippen LogP contribution in [-0.4, -0.2) is 37.0 Å². The molecule has 2 aromatic carbocycles. The molecule has 1 N–H and O–H groups in total. The lowest BCUT2D eigenvalue weighted by Gasteiger charge is -2.26. The topological polar surface area (TPSA) is 102 Å². The van der Waals surface area contributed by atoms with Crippen LogP contribution >= 0.6 is 22.6 Å². The first-order valence-electron chi connectivity index (χ1n) is 9.36. The molecule has 0 spiro atoms. The van der Waals surface area contributed by atoms with E-state index in [1.165, 1.54) is 6.08 Å². The second kappa shape index (κ2) is 9.73. The molecular formula is C22H19IN2O6. The minimum Gasteiger partial charge on any atom is -0.481 e. The highest BCUT2D eigenvalue weighted by Gasteiger charge is 2.36. The van der Waals surface area contributed by atoms with E-state index in [0.29, 0.717) is 20.6 Å². The number of carbonyl (C=O) groups is 4. The summed E-state index contributed by atoms with van der Waals surface area (Å²) in [5.74, 6) is -1.49. The van der Waals surface area contributed by atoms with Gasteiger partial charge in [-0.05, 0) is 72.3 Å². The van der Waals surface area contributed by atoms with Crippen molar-refractivity contribution in [3.05, 3.63) is 62.7 Å². The molecule has 0 atom stereocenters. The Labute approximate surface area is 192 Å². The molecule has 4 amide bonds. The molecule has 8 nitrogen and oxygen atoms in total. The number of anilines is 1. The second-order valence-corrected chi connectivity index (χ2v) is 7.74. The monoisotopic (exact) mass is 534 g/mol. The van der Waals surface area contributed by atoms with Crippen LogP contribution in [0.4, 0.5) is 10.5 Å². The highest BCUT2D eigenvalue weighted by molar-refractivity contribution is 14.1. The Hall–Kier alpha value is -3.21. The number of hydrogen-bond donors (Lipinski definition) is 1. The average Bonchev–Trinajstić information content (AvgIpc) is 2.72. The van der Waals surface area contributed by atoms with Gasteiger partial charge in [-0.2, -0.15) is 0 Å². The van der Waals surface area contributed by atoms with Crippen LogP contribution in [0.2, 0.25) is 0 Å². The molecule has 9 heteroatoms. The maximum atomic E-state index is 12.9. The number of amides is 4. The van der Waals surface area contributed by atoms with Crippen LogP contribution in [0.15, 0.2) is 48.0 Å². The van der Waals surface area contributed by atoms with Crippen molar-refractivity contribution >= 4 is 58.2 Å². The molecule has 2 aromatic rings. The second-order valence-electron chi connectivity index (χ2n) is 6.58. The summed E-state index contributed by atoms with van der Waals surface area (Å²) in [5, 5.41) is 2.19. The SMILES string of the molecule is CCOC(=O)COc1ccc(/C=C2\C(=O)NC(=O)N(c3ccc(C)cc3)C2=O)cc1I. The smallest absolute Gasteiger partial charge is 0.344 e. The lowest BCUT2D eigenvalue weighted by molar-refractivity contribution is -0.145. The van der Waals surface area contributed by atoms with Gasteiger partial charge in [-0.3, -0.25) is 14.9 Å². The van der Waals surface area contributed by atoms with Crippen LogP contribution in [0.1, 0.15) is 18.1 Å². The first-order valence-corrected chi connectivity index (χ1v) is 10.4. The Kier molecular flexibility index (Phi) is 7.06. The minimum atomic E-state index is -0.798. The van der Waals surface area contributed by atoms with E-state index >= 15 is 0 Å². The van der Waals surface area contributed by atoms with Crippen molar-refractivity contribution in [3.63, 3.8) is 0 Å². The number of urea groups is 1. The van der Waals surface area contributed by atoms with Gasteiger partial charge in [0, 0.05) is 0 Å². The van der Waals surface area contributed by atoms with E-state index < -0.39 is 23.8 Å². The molecule has 0 bridgehead atoms. The Morgan fingerprint density at radius 2 is 1.84 bits per heavy atom. The van der Waals surface area contributed by atoms with Crippen molar-refractivity contribution < 1.29 is 28.7 Å². The number of barbiturate groups is 1. The molecule has 1 saturated heterocycles. The number of imide groups is 2. The summed E-state index contributed by atoms with van der Waals surface area (Å²) in [5.41, 5.74) is 1.73. The van der Waals surface area contributed by atoms with Crippen molar-refractivity contribution in [2.45, 2.75) is 13.8 Å². The summed E-state index contributed by atoms with van der Waals surface area (Å²) >= 11 is 2.02. The van der Waals surface area contributed by atoms with Gasteiger partial charge in [-0.25, -0.2) is 14.5 Å². The molecule has 1 aliphatic heterocycles. The summed E-state index contributed by atoms with van der Waals surface area (Å²) in [6, 6.07) is 11.0. The summed E-state index contributed by atoms with van der Waals surface area (Å²) in [7, 11) is 0. The van der Waals surface area contributed by atoms with E-state index in [-0.39, 0.29) is 18.8 Å². The van der Waals surface area contributed by atoms with Gasteiger partial charge in [0.05, 0.1) is 15.9 Å². The van der Waals surface area contributed by atoms with E-state index in [4.69, 9.17) is 9.47 Å². The quantitative estimate of drug-likeness (QED) is 0.265. The number of hydrogen-bond acceptors (Lipinski definition) is 6. The minimum absolute atomic E-state index is 0.170. The Bertz CT molecular complexity index is 1080. The predicted octanol–water partition coefficient (Wildman–Crippen LogP) is 3.21. The fraction of sp³-hybridized carbons (Fsp3) is 0.182. The molecule has 0 aromatic heterocycles. The van der Waals surface area contributed by atoms with Crippen molar-refractivity contribution in [1.82, 2.24) is 5.32 Å². The molecular weight excluding hydrogens is 515 g/mol. The van der Waals surface area contributed by atoms with Gasteiger partial charge in [0.2, 0.25) is 0 Å². The van der Waals surface area contributed by atoms with E-state index in [9.17, 15) is 19.2 Å². The molecule has 31 heavy (non-hydrogen) atoms. The number of carbonyl (C=O) groups excluding carboxylic acids is 4. The van der Waals surface area contributed by atoms with Gasteiger partial charge in [0.1, 0.15) is 11.3 Å². The fourth-order valence-electron chi connectivity index (χ4n) is 2.82. The average molecular weight is 534 g/mol. The number of nitrogens with one attached hydrogen (secondary N) is 1. The summed E-state index contributed by atoms with van der Waals surface area (Å²) in [6.45, 7) is 3.64. The van der Waals surface area contributed by atoms with Crippen LogP contribution in [0.25, 0.3) is 6.08 Å². The van der Waals surface area contributed by atoms with E-state index in [2.05, 4.69) is 5.32 Å². The Morgan fingerprint density at radius 3 is 2.48 bits per heavy atom. The van der Waals surface area contributed by atoms with Crippen molar-refractivity contribution in [2.24, 2.45) is 0 Å². The van der Waals surface area contributed by atoms with Gasteiger partial charge < -0.3 is 9.47 Å². The van der Waals surface area contributed by atoms with E-state index in [0.717, 1.165) is 10.5 Å². The van der Waals surface area contributed by atoms with Crippen molar-refractivity contribution in [3.8, 4) is 5.75 Å². The van der Waals surface area contributed by atoms with Crippen LogP contribution in [0.3, 0.4) is 0 Å². The zero-order valence-corrected chi connectivity index (χ0v) is 19.0. The molecule has 1 heterocycles. The maximum Gasteiger partial charge on any atom is 0.344 e. The van der Waals surface area contributed by atoms with Gasteiger partial charge in [-0.1, -0.05) is 23.8 Å². The molecule has 160 valence electrons.